The molecular formula is C18H21N5O. The summed E-state index contributed by atoms with van der Waals surface area (Å²) in [7, 11) is 3.93. The van der Waals surface area contributed by atoms with E-state index in [-0.39, 0.29) is 5.91 Å². The third-order valence-electron chi connectivity index (χ3n) is 3.61. The fourth-order valence-electron chi connectivity index (χ4n) is 2.22. The number of amides is 1. The molecule has 0 aliphatic heterocycles. The Morgan fingerprint density at radius 2 is 2.00 bits per heavy atom. The smallest absolute Gasteiger partial charge is 0.272 e. The van der Waals surface area contributed by atoms with Crippen LogP contribution < -0.4 is 0 Å². The predicted octanol–water partition coefficient (Wildman–Crippen LogP) is 1.86. The molecule has 6 heteroatoms. The Morgan fingerprint density at radius 3 is 2.58 bits per heavy atom. The number of aromatic nitrogens is 2. The van der Waals surface area contributed by atoms with Crippen LogP contribution in [0.1, 0.15) is 27.4 Å². The molecule has 1 amide bonds. The van der Waals surface area contributed by atoms with Gasteiger partial charge in [-0.2, -0.15) is 5.26 Å². The van der Waals surface area contributed by atoms with Gasteiger partial charge in [-0.3, -0.25) is 9.78 Å². The number of likely N-dealkylation sites (N-methyl/N-ethyl adjacent to an activating group) is 1. The molecule has 0 saturated heterocycles. The van der Waals surface area contributed by atoms with Crippen molar-refractivity contribution in [1.82, 2.24) is 19.8 Å². The van der Waals surface area contributed by atoms with E-state index in [0.717, 1.165) is 12.2 Å². The fourth-order valence-corrected chi connectivity index (χ4v) is 2.22. The van der Waals surface area contributed by atoms with Gasteiger partial charge in [-0.05, 0) is 45.3 Å². The van der Waals surface area contributed by atoms with Crippen molar-refractivity contribution in [3.05, 3.63) is 59.2 Å². The lowest BCUT2D eigenvalue weighted by atomic mass is 10.2. The molecule has 2 rings (SSSR count). The van der Waals surface area contributed by atoms with Crippen LogP contribution in [0, 0.1) is 18.3 Å². The van der Waals surface area contributed by atoms with E-state index in [1.54, 1.807) is 30.2 Å². The van der Waals surface area contributed by atoms with Crippen molar-refractivity contribution in [3.63, 3.8) is 0 Å². The molecule has 2 aromatic heterocycles. The van der Waals surface area contributed by atoms with Crippen molar-refractivity contribution in [2.75, 3.05) is 27.2 Å². The van der Waals surface area contributed by atoms with E-state index in [2.05, 4.69) is 16.0 Å². The standard InChI is InChI=1S/C18H21N5O/c1-14-15(12-19)7-8-17(21-14)18(24)23(11-10-22(2)3)13-16-6-4-5-9-20-16/h4-9H,10-11,13H2,1-3H3. The first-order valence-corrected chi connectivity index (χ1v) is 7.73. The predicted molar refractivity (Wildman–Crippen MR) is 91.2 cm³/mol. The van der Waals surface area contributed by atoms with Gasteiger partial charge in [0.15, 0.2) is 0 Å². The van der Waals surface area contributed by atoms with Gasteiger partial charge in [0.25, 0.3) is 5.91 Å². The molecule has 0 N–H and O–H groups in total. The quantitative estimate of drug-likeness (QED) is 0.811. The SMILES string of the molecule is Cc1nc(C(=O)N(CCN(C)C)Cc2ccccn2)ccc1C#N. The normalized spacial score (nSPS) is 10.5. The van der Waals surface area contributed by atoms with E-state index in [9.17, 15) is 4.79 Å². The number of nitriles is 1. The number of aryl methyl sites for hydroxylation is 1. The van der Waals surface area contributed by atoms with Gasteiger partial charge in [-0.15, -0.1) is 0 Å². The van der Waals surface area contributed by atoms with Crippen LogP contribution in [0.25, 0.3) is 0 Å². The number of hydrogen-bond donors (Lipinski definition) is 0. The Labute approximate surface area is 142 Å². The lowest BCUT2D eigenvalue weighted by molar-refractivity contribution is 0.0723. The zero-order valence-electron chi connectivity index (χ0n) is 14.2. The summed E-state index contributed by atoms with van der Waals surface area (Å²) in [4.78, 5) is 25.2. The third-order valence-corrected chi connectivity index (χ3v) is 3.61. The summed E-state index contributed by atoms with van der Waals surface area (Å²) in [6.07, 6.45) is 1.72. The van der Waals surface area contributed by atoms with Crippen LogP contribution in [0.3, 0.4) is 0 Å². The van der Waals surface area contributed by atoms with Crippen molar-refractivity contribution in [2.45, 2.75) is 13.5 Å². The second kappa shape index (κ2) is 8.18. The van der Waals surface area contributed by atoms with E-state index in [1.807, 2.05) is 37.2 Å². The van der Waals surface area contributed by atoms with E-state index >= 15 is 0 Å². The third kappa shape index (κ3) is 4.61. The second-order valence-electron chi connectivity index (χ2n) is 5.79. The number of pyridine rings is 2. The highest BCUT2D eigenvalue weighted by Gasteiger charge is 2.19. The molecule has 0 radical (unpaired) electrons. The molecule has 0 spiro atoms. The van der Waals surface area contributed by atoms with Crippen LogP contribution in [0.15, 0.2) is 36.5 Å². The lowest BCUT2D eigenvalue weighted by Crippen LogP contribution is -2.37. The fraction of sp³-hybridized carbons (Fsp3) is 0.333. The molecule has 0 aromatic carbocycles. The van der Waals surface area contributed by atoms with Crippen LogP contribution in [0.4, 0.5) is 0 Å². The molecule has 0 aliphatic carbocycles. The average Bonchev–Trinajstić information content (AvgIpc) is 2.58. The maximum absolute atomic E-state index is 12.8. The zero-order chi connectivity index (χ0) is 17.5. The van der Waals surface area contributed by atoms with Crippen molar-refractivity contribution in [1.29, 1.82) is 5.26 Å². The zero-order valence-corrected chi connectivity index (χ0v) is 14.2. The number of carbonyl (C=O) groups is 1. The highest BCUT2D eigenvalue weighted by molar-refractivity contribution is 5.92. The van der Waals surface area contributed by atoms with Crippen molar-refractivity contribution in [3.8, 4) is 6.07 Å². The van der Waals surface area contributed by atoms with E-state index in [1.165, 1.54) is 0 Å². The summed E-state index contributed by atoms with van der Waals surface area (Å²) in [5.41, 5.74) is 2.22. The first kappa shape index (κ1) is 17.6. The number of rotatable bonds is 6. The molecule has 0 aliphatic rings. The summed E-state index contributed by atoms with van der Waals surface area (Å²) in [6.45, 7) is 3.48. The van der Waals surface area contributed by atoms with Gasteiger partial charge in [0.2, 0.25) is 0 Å². The minimum atomic E-state index is -0.157. The maximum atomic E-state index is 12.8. The minimum absolute atomic E-state index is 0.157. The molecule has 24 heavy (non-hydrogen) atoms. The summed E-state index contributed by atoms with van der Waals surface area (Å²) < 4.78 is 0. The van der Waals surface area contributed by atoms with Gasteiger partial charge < -0.3 is 9.80 Å². The lowest BCUT2D eigenvalue weighted by Gasteiger charge is -2.24. The molecule has 124 valence electrons. The topological polar surface area (TPSA) is 73.1 Å². The second-order valence-corrected chi connectivity index (χ2v) is 5.79. The van der Waals surface area contributed by atoms with Crippen LogP contribution in [0.2, 0.25) is 0 Å². The van der Waals surface area contributed by atoms with Crippen molar-refractivity contribution >= 4 is 5.91 Å². The van der Waals surface area contributed by atoms with Crippen LogP contribution in [-0.4, -0.2) is 52.9 Å². The number of hydrogen-bond acceptors (Lipinski definition) is 5. The van der Waals surface area contributed by atoms with Crippen LogP contribution in [-0.2, 0) is 6.54 Å². The largest absolute Gasteiger partial charge is 0.330 e. The van der Waals surface area contributed by atoms with Crippen molar-refractivity contribution < 1.29 is 4.79 Å². The van der Waals surface area contributed by atoms with Crippen molar-refractivity contribution in [2.24, 2.45) is 0 Å². The van der Waals surface area contributed by atoms with Gasteiger partial charge in [0.1, 0.15) is 11.8 Å². The van der Waals surface area contributed by atoms with E-state index in [4.69, 9.17) is 5.26 Å². The monoisotopic (exact) mass is 323 g/mol. The summed E-state index contributed by atoms with van der Waals surface area (Å²) in [5.74, 6) is -0.157. The number of carbonyl (C=O) groups excluding carboxylic acids is 1. The Kier molecular flexibility index (Phi) is 5.99. The van der Waals surface area contributed by atoms with Gasteiger partial charge in [-0.25, -0.2) is 4.98 Å². The van der Waals surface area contributed by atoms with Crippen LogP contribution >= 0.6 is 0 Å². The van der Waals surface area contributed by atoms with E-state index in [0.29, 0.717) is 30.0 Å². The molecule has 0 unspecified atom stereocenters. The Morgan fingerprint density at radius 1 is 1.21 bits per heavy atom. The highest BCUT2D eigenvalue weighted by atomic mass is 16.2. The first-order chi connectivity index (χ1) is 11.5. The Bertz CT molecular complexity index is 737. The average molecular weight is 323 g/mol. The van der Waals surface area contributed by atoms with Gasteiger partial charge in [-0.1, -0.05) is 6.07 Å². The summed E-state index contributed by atoms with van der Waals surface area (Å²) >= 11 is 0. The van der Waals surface area contributed by atoms with Crippen LogP contribution in [0.5, 0.6) is 0 Å². The highest BCUT2D eigenvalue weighted by Crippen LogP contribution is 2.10. The minimum Gasteiger partial charge on any atom is -0.330 e. The van der Waals surface area contributed by atoms with Gasteiger partial charge in [0.05, 0.1) is 23.5 Å². The molecule has 0 fully saturated rings. The Hall–Kier alpha value is -2.78. The van der Waals surface area contributed by atoms with E-state index < -0.39 is 0 Å². The molecule has 0 saturated carbocycles. The Balaban J connectivity index is 2.23. The number of nitrogens with zero attached hydrogens (tertiary/aromatic N) is 5. The van der Waals surface area contributed by atoms with Gasteiger partial charge >= 0.3 is 0 Å². The van der Waals surface area contributed by atoms with Gasteiger partial charge in [0, 0.05) is 19.3 Å². The summed E-state index contributed by atoms with van der Waals surface area (Å²) in [5, 5.41) is 9.00. The maximum Gasteiger partial charge on any atom is 0.272 e. The molecule has 0 bridgehead atoms. The summed E-state index contributed by atoms with van der Waals surface area (Å²) in [6, 6.07) is 11.0. The first-order valence-electron chi connectivity index (χ1n) is 7.73. The molecule has 6 nitrogen and oxygen atoms in total. The molecule has 2 aromatic rings. The molecular weight excluding hydrogens is 302 g/mol. The molecule has 0 atom stereocenters. The molecule has 2 heterocycles.